The Morgan fingerprint density at radius 1 is 1.10 bits per heavy atom. The molecule has 0 saturated heterocycles. The standard InChI is InChI=1S/C18H14BrFN4O4S/c19-11-1-5-13(6-2-11)21-17(26)22-15(25)10-29-18-24-23-16(28-18)9-27-14-7-3-12(20)4-8-14/h1-8H,9-10H2,(H2,21,22,25,26). The number of urea groups is 1. The van der Waals surface area contributed by atoms with E-state index in [-0.39, 0.29) is 29.3 Å². The largest absolute Gasteiger partial charge is 0.484 e. The van der Waals surface area contributed by atoms with Gasteiger partial charge in [0.25, 0.3) is 11.1 Å². The summed E-state index contributed by atoms with van der Waals surface area (Å²) in [4.78, 5) is 23.7. The van der Waals surface area contributed by atoms with Gasteiger partial charge in [0.1, 0.15) is 11.6 Å². The molecule has 29 heavy (non-hydrogen) atoms. The van der Waals surface area contributed by atoms with Crippen molar-refractivity contribution in [1.82, 2.24) is 15.5 Å². The molecule has 0 aliphatic rings. The van der Waals surface area contributed by atoms with Gasteiger partial charge in [-0.2, -0.15) is 0 Å². The molecule has 2 aromatic carbocycles. The maximum Gasteiger partial charge on any atom is 0.325 e. The predicted octanol–water partition coefficient (Wildman–Crippen LogP) is 3.99. The van der Waals surface area contributed by atoms with Crippen LogP contribution in [0, 0.1) is 5.82 Å². The molecule has 0 bridgehead atoms. The number of ether oxygens (including phenoxy) is 1. The van der Waals surface area contributed by atoms with Gasteiger partial charge < -0.3 is 14.5 Å². The van der Waals surface area contributed by atoms with E-state index in [0.29, 0.717) is 11.4 Å². The van der Waals surface area contributed by atoms with Crippen molar-refractivity contribution in [1.29, 1.82) is 0 Å². The molecule has 0 aliphatic heterocycles. The summed E-state index contributed by atoms with van der Waals surface area (Å²) in [5, 5.41) is 12.5. The van der Waals surface area contributed by atoms with E-state index in [0.717, 1.165) is 16.2 Å². The van der Waals surface area contributed by atoms with E-state index in [1.54, 1.807) is 24.3 Å². The van der Waals surface area contributed by atoms with Crippen LogP contribution in [-0.2, 0) is 11.4 Å². The lowest BCUT2D eigenvalue weighted by molar-refractivity contribution is -0.117. The Hall–Kier alpha value is -2.92. The Kier molecular flexibility index (Phi) is 7.19. The molecule has 0 unspecified atom stereocenters. The van der Waals surface area contributed by atoms with Gasteiger partial charge in [-0.25, -0.2) is 9.18 Å². The number of halogens is 2. The first kappa shape index (κ1) is 20.8. The number of thioether (sulfide) groups is 1. The third-order valence-corrected chi connectivity index (χ3v) is 4.65. The Balaban J connectivity index is 1.40. The first-order valence-electron chi connectivity index (χ1n) is 8.18. The van der Waals surface area contributed by atoms with Crippen molar-refractivity contribution in [3.05, 3.63) is 64.7 Å². The highest BCUT2D eigenvalue weighted by atomic mass is 79.9. The molecule has 3 aromatic rings. The van der Waals surface area contributed by atoms with Crippen molar-refractivity contribution in [2.45, 2.75) is 11.8 Å². The van der Waals surface area contributed by atoms with Crippen LogP contribution in [0.1, 0.15) is 5.89 Å². The summed E-state index contributed by atoms with van der Waals surface area (Å²) in [7, 11) is 0. The van der Waals surface area contributed by atoms with Crippen molar-refractivity contribution in [3.63, 3.8) is 0 Å². The smallest absolute Gasteiger partial charge is 0.325 e. The van der Waals surface area contributed by atoms with E-state index in [1.807, 2.05) is 0 Å². The molecule has 0 spiro atoms. The Morgan fingerprint density at radius 2 is 1.83 bits per heavy atom. The summed E-state index contributed by atoms with van der Waals surface area (Å²) in [6.45, 7) is 0.000977. The van der Waals surface area contributed by atoms with Gasteiger partial charge in [-0.3, -0.25) is 10.1 Å². The molecule has 0 atom stereocenters. The quantitative estimate of drug-likeness (QED) is 0.492. The minimum absolute atomic E-state index is 0.000977. The summed E-state index contributed by atoms with van der Waals surface area (Å²) >= 11 is 4.27. The van der Waals surface area contributed by atoms with Crippen LogP contribution >= 0.6 is 27.7 Å². The third-order valence-electron chi connectivity index (χ3n) is 3.31. The molecule has 0 aliphatic carbocycles. The topological polar surface area (TPSA) is 106 Å². The van der Waals surface area contributed by atoms with E-state index in [9.17, 15) is 14.0 Å². The number of nitrogens with one attached hydrogen (secondary N) is 2. The highest BCUT2D eigenvalue weighted by Gasteiger charge is 2.12. The number of carbonyl (C=O) groups excluding carboxylic acids is 2. The Morgan fingerprint density at radius 3 is 2.55 bits per heavy atom. The van der Waals surface area contributed by atoms with Gasteiger partial charge in [0.05, 0.1) is 5.75 Å². The monoisotopic (exact) mass is 480 g/mol. The zero-order chi connectivity index (χ0) is 20.6. The first-order chi connectivity index (χ1) is 14.0. The molecular formula is C18H14BrFN4O4S. The number of imide groups is 1. The molecule has 3 amide bonds. The van der Waals surface area contributed by atoms with Crippen LogP contribution in [-0.4, -0.2) is 27.9 Å². The van der Waals surface area contributed by atoms with Crippen LogP contribution in [0.5, 0.6) is 5.75 Å². The number of benzene rings is 2. The molecule has 0 saturated carbocycles. The number of nitrogens with zero attached hydrogens (tertiary/aromatic N) is 2. The molecule has 11 heteroatoms. The summed E-state index contributed by atoms with van der Waals surface area (Å²) in [6.07, 6.45) is 0. The fourth-order valence-electron chi connectivity index (χ4n) is 2.02. The highest BCUT2D eigenvalue weighted by molar-refractivity contribution is 9.10. The fourth-order valence-corrected chi connectivity index (χ4v) is 2.86. The number of carbonyl (C=O) groups is 2. The zero-order valence-electron chi connectivity index (χ0n) is 14.7. The molecule has 2 N–H and O–H groups in total. The van der Waals surface area contributed by atoms with Crippen LogP contribution in [0.4, 0.5) is 14.9 Å². The molecule has 1 heterocycles. The summed E-state index contributed by atoms with van der Waals surface area (Å²) < 4.78 is 24.5. The summed E-state index contributed by atoms with van der Waals surface area (Å²) in [5.41, 5.74) is 0.550. The lowest BCUT2D eigenvalue weighted by Gasteiger charge is -2.06. The lowest BCUT2D eigenvalue weighted by atomic mass is 10.3. The second-order valence-corrected chi connectivity index (χ2v) is 7.34. The highest BCUT2D eigenvalue weighted by Crippen LogP contribution is 2.18. The second-order valence-electron chi connectivity index (χ2n) is 5.50. The number of hydrogen-bond donors (Lipinski definition) is 2. The Bertz CT molecular complexity index is 982. The molecule has 0 radical (unpaired) electrons. The zero-order valence-corrected chi connectivity index (χ0v) is 17.1. The van der Waals surface area contributed by atoms with Gasteiger partial charge in [0, 0.05) is 10.2 Å². The summed E-state index contributed by atoms with van der Waals surface area (Å²) in [6, 6.07) is 11.8. The second kappa shape index (κ2) is 10.0. The van der Waals surface area contributed by atoms with Crippen molar-refractivity contribution in [3.8, 4) is 5.75 Å². The van der Waals surface area contributed by atoms with Crippen molar-refractivity contribution >= 4 is 45.3 Å². The van der Waals surface area contributed by atoms with Crippen LogP contribution in [0.15, 0.2) is 62.6 Å². The van der Waals surface area contributed by atoms with Gasteiger partial charge in [-0.05, 0) is 48.5 Å². The fraction of sp³-hybridized carbons (Fsp3) is 0.111. The van der Waals surface area contributed by atoms with Gasteiger partial charge in [0.15, 0.2) is 6.61 Å². The van der Waals surface area contributed by atoms with Crippen molar-refractivity contribution < 1.29 is 23.1 Å². The van der Waals surface area contributed by atoms with E-state index < -0.39 is 11.9 Å². The van der Waals surface area contributed by atoms with Crippen LogP contribution < -0.4 is 15.4 Å². The number of amides is 3. The number of rotatable bonds is 7. The lowest BCUT2D eigenvalue weighted by Crippen LogP contribution is -2.35. The van der Waals surface area contributed by atoms with E-state index in [2.05, 4.69) is 36.8 Å². The first-order valence-corrected chi connectivity index (χ1v) is 9.96. The molecular weight excluding hydrogens is 467 g/mol. The minimum atomic E-state index is -0.642. The van der Waals surface area contributed by atoms with Crippen LogP contribution in [0.3, 0.4) is 0 Å². The molecule has 0 fully saturated rings. The van der Waals surface area contributed by atoms with Gasteiger partial charge >= 0.3 is 6.03 Å². The number of anilines is 1. The predicted molar refractivity (Wildman–Crippen MR) is 107 cm³/mol. The maximum atomic E-state index is 12.8. The van der Waals surface area contributed by atoms with Gasteiger partial charge in [0.2, 0.25) is 5.91 Å². The molecule has 150 valence electrons. The van der Waals surface area contributed by atoms with Crippen molar-refractivity contribution in [2.75, 3.05) is 11.1 Å². The normalized spacial score (nSPS) is 10.4. The third kappa shape index (κ3) is 6.88. The van der Waals surface area contributed by atoms with E-state index in [1.165, 1.54) is 24.3 Å². The van der Waals surface area contributed by atoms with E-state index >= 15 is 0 Å². The number of hydrogen-bond acceptors (Lipinski definition) is 7. The average Bonchev–Trinajstić information content (AvgIpc) is 3.16. The molecule has 3 rings (SSSR count). The molecule has 1 aromatic heterocycles. The summed E-state index contributed by atoms with van der Waals surface area (Å²) in [5.74, 6) is -0.321. The molecule has 8 nitrogen and oxygen atoms in total. The maximum absolute atomic E-state index is 12.8. The van der Waals surface area contributed by atoms with Crippen molar-refractivity contribution in [2.24, 2.45) is 0 Å². The van der Waals surface area contributed by atoms with Gasteiger partial charge in [-0.15, -0.1) is 10.2 Å². The van der Waals surface area contributed by atoms with E-state index in [4.69, 9.17) is 9.15 Å². The Labute approximate surface area is 177 Å². The average molecular weight is 481 g/mol. The number of aromatic nitrogens is 2. The van der Waals surface area contributed by atoms with Gasteiger partial charge in [-0.1, -0.05) is 27.7 Å². The minimum Gasteiger partial charge on any atom is -0.484 e. The van der Waals surface area contributed by atoms with Crippen LogP contribution in [0.2, 0.25) is 0 Å². The SMILES string of the molecule is O=C(CSc1nnc(COc2ccc(F)cc2)o1)NC(=O)Nc1ccc(Br)cc1. The van der Waals surface area contributed by atoms with Crippen LogP contribution in [0.25, 0.3) is 0 Å².